The van der Waals surface area contributed by atoms with Crippen molar-refractivity contribution in [2.45, 2.75) is 18.9 Å². The van der Waals surface area contributed by atoms with Crippen molar-refractivity contribution in [2.24, 2.45) is 11.5 Å². The van der Waals surface area contributed by atoms with Gasteiger partial charge in [-0.15, -0.1) is 0 Å². The van der Waals surface area contributed by atoms with E-state index in [9.17, 15) is 19.2 Å². The third-order valence-electron chi connectivity index (χ3n) is 1.94. The number of hydrogen-bond donors (Lipinski definition) is 5. The number of nitrogens with one attached hydrogen (secondary N) is 2. The molecule has 0 bridgehead atoms. The van der Waals surface area contributed by atoms with E-state index in [1.165, 1.54) is 0 Å². The van der Waals surface area contributed by atoms with Crippen molar-refractivity contribution in [3.63, 3.8) is 0 Å². The predicted octanol–water partition coefficient (Wildman–Crippen LogP) is -3.10. The monoisotopic (exact) mass is 260 g/mol. The van der Waals surface area contributed by atoms with Crippen LogP contribution in [0.3, 0.4) is 0 Å². The molecule has 0 radical (unpaired) electrons. The molecule has 0 saturated heterocycles. The third kappa shape index (κ3) is 7.17. The smallest absolute Gasteiger partial charge is 0.326 e. The second-order valence-electron chi connectivity index (χ2n) is 3.44. The van der Waals surface area contributed by atoms with Gasteiger partial charge in [-0.05, 0) is 6.42 Å². The van der Waals surface area contributed by atoms with Crippen LogP contribution in [0.4, 0.5) is 0 Å². The fourth-order valence-corrected chi connectivity index (χ4v) is 1.04. The molecule has 0 spiro atoms. The molecule has 0 aliphatic heterocycles. The standard InChI is InChI=1S/C9H16N4O5/c10-3-7(15)12-4-8(16)13-5(9(17)18)1-2-6(11)14/h5H,1-4,10H2,(H2,11,14)(H,12,15)(H,13,16)(H,17,18). The maximum absolute atomic E-state index is 11.3. The number of primary amides is 1. The summed E-state index contributed by atoms with van der Waals surface area (Å²) in [5.74, 6) is -3.16. The highest BCUT2D eigenvalue weighted by Gasteiger charge is 2.20. The summed E-state index contributed by atoms with van der Waals surface area (Å²) in [5.41, 5.74) is 9.87. The van der Waals surface area contributed by atoms with E-state index >= 15 is 0 Å². The van der Waals surface area contributed by atoms with Gasteiger partial charge in [0.25, 0.3) is 0 Å². The number of rotatable bonds is 8. The van der Waals surface area contributed by atoms with Crippen molar-refractivity contribution in [1.29, 1.82) is 0 Å². The van der Waals surface area contributed by atoms with Crippen molar-refractivity contribution in [2.75, 3.05) is 13.1 Å². The summed E-state index contributed by atoms with van der Waals surface area (Å²) < 4.78 is 0. The molecule has 102 valence electrons. The molecule has 1 unspecified atom stereocenters. The van der Waals surface area contributed by atoms with E-state index < -0.39 is 29.7 Å². The first kappa shape index (κ1) is 15.8. The van der Waals surface area contributed by atoms with Crippen LogP contribution in [0.1, 0.15) is 12.8 Å². The Morgan fingerprint density at radius 3 is 2.22 bits per heavy atom. The molecule has 9 heteroatoms. The molecule has 18 heavy (non-hydrogen) atoms. The van der Waals surface area contributed by atoms with Gasteiger partial charge in [-0.25, -0.2) is 4.79 Å². The summed E-state index contributed by atoms with van der Waals surface area (Å²) in [4.78, 5) is 43.3. The van der Waals surface area contributed by atoms with E-state index in [2.05, 4.69) is 10.6 Å². The molecule has 0 rings (SSSR count). The lowest BCUT2D eigenvalue weighted by molar-refractivity contribution is -0.142. The SMILES string of the molecule is NCC(=O)NCC(=O)NC(CCC(N)=O)C(=O)O. The fraction of sp³-hybridized carbons (Fsp3) is 0.556. The van der Waals surface area contributed by atoms with Gasteiger partial charge in [-0.3, -0.25) is 14.4 Å². The molecule has 3 amide bonds. The number of amides is 3. The molecule has 0 aromatic carbocycles. The maximum atomic E-state index is 11.3. The highest BCUT2D eigenvalue weighted by molar-refractivity contribution is 5.88. The lowest BCUT2D eigenvalue weighted by Crippen LogP contribution is -2.46. The van der Waals surface area contributed by atoms with Gasteiger partial charge >= 0.3 is 5.97 Å². The molecule has 1 atom stereocenters. The molecule has 0 aromatic rings. The van der Waals surface area contributed by atoms with Crippen molar-refractivity contribution >= 4 is 23.7 Å². The van der Waals surface area contributed by atoms with E-state index in [0.717, 1.165) is 0 Å². The van der Waals surface area contributed by atoms with Gasteiger partial charge in [-0.2, -0.15) is 0 Å². The molecule has 0 fully saturated rings. The van der Waals surface area contributed by atoms with E-state index in [0.29, 0.717) is 0 Å². The van der Waals surface area contributed by atoms with Gasteiger partial charge in [-0.1, -0.05) is 0 Å². The van der Waals surface area contributed by atoms with Crippen molar-refractivity contribution in [1.82, 2.24) is 10.6 Å². The van der Waals surface area contributed by atoms with Gasteiger partial charge in [0.15, 0.2) is 0 Å². The molecule has 0 aromatic heterocycles. The first-order valence-corrected chi connectivity index (χ1v) is 5.14. The van der Waals surface area contributed by atoms with Crippen LogP contribution in [0.2, 0.25) is 0 Å². The summed E-state index contributed by atoms with van der Waals surface area (Å²) in [6.07, 6.45) is -0.270. The van der Waals surface area contributed by atoms with E-state index in [-0.39, 0.29) is 25.9 Å². The normalized spacial score (nSPS) is 11.4. The summed E-state index contributed by atoms with van der Waals surface area (Å²) >= 11 is 0. The molecule has 9 nitrogen and oxygen atoms in total. The molecular formula is C9H16N4O5. The molecule has 0 aliphatic carbocycles. The summed E-state index contributed by atoms with van der Waals surface area (Å²) in [6.45, 7) is -0.645. The van der Waals surface area contributed by atoms with Gasteiger partial charge < -0.3 is 27.2 Å². The highest BCUT2D eigenvalue weighted by Crippen LogP contribution is 1.97. The lowest BCUT2D eigenvalue weighted by Gasteiger charge is -2.13. The zero-order chi connectivity index (χ0) is 14.1. The lowest BCUT2D eigenvalue weighted by atomic mass is 10.1. The number of aliphatic carboxylic acids is 1. The number of nitrogens with two attached hydrogens (primary N) is 2. The Hall–Kier alpha value is -2.16. The van der Waals surface area contributed by atoms with Crippen LogP contribution >= 0.6 is 0 Å². The van der Waals surface area contributed by atoms with Crippen molar-refractivity contribution in [3.8, 4) is 0 Å². The maximum Gasteiger partial charge on any atom is 0.326 e. The number of carboxylic acid groups (broad SMARTS) is 1. The Bertz CT molecular complexity index is 344. The summed E-state index contributed by atoms with van der Waals surface area (Å²) in [5, 5.41) is 13.1. The quantitative estimate of drug-likeness (QED) is 0.310. The zero-order valence-electron chi connectivity index (χ0n) is 9.64. The van der Waals surface area contributed by atoms with E-state index in [4.69, 9.17) is 16.6 Å². The first-order valence-electron chi connectivity index (χ1n) is 5.14. The van der Waals surface area contributed by atoms with Crippen LogP contribution in [0, 0.1) is 0 Å². The second-order valence-corrected chi connectivity index (χ2v) is 3.44. The Kier molecular flexibility index (Phi) is 7.05. The van der Waals surface area contributed by atoms with Gasteiger partial charge in [0, 0.05) is 6.42 Å². The minimum absolute atomic E-state index is 0.110. The first-order chi connectivity index (χ1) is 8.36. The van der Waals surface area contributed by atoms with E-state index in [1.807, 2.05) is 0 Å². The van der Waals surface area contributed by atoms with Crippen LogP contribution in [0.15, 0.2) is 0 Å². The Morgan fingerprint density at radius 2 is 1.78 bits per heavy atom. The van der Waals surface area contributed by atoms with Gasteiger partial charge in [0.2, 0.25) is 17.7 Å². The Labute approximate surface area is 103 Å². The Balaban J connectivity index is 4.15. The molecule has 0 aliphatic rings. The van der Waals surface area contributed by atoms with E-state index in [1.54, 1.807) is 0 Å². The Morgan fingerprint density at radius 1 is 1.17 bits per heavy atom. The highest BCUT2D eigenvalue weighted by atomic mass is 16.4. The molecule has 0 heterocycles. The predicted molar refractivity (Wildman–Crippen MR) is 60.1 cm³/mol. The van der Waals surface area contributed by atoms with Crippen LogP contribution < -0.4 is 22.1 Å². The van der Waals surface area contributed by atoms with Crippen LogP contribution in [-0.2, 0) is 19.2 Å². The molecular weight excluding hydrogens is 244 g/mol. The van der Waals surface area contributed by atoms with Gasteiger partial charge in [0.05, 0.1) is 13.1 Å². The molecule has 0 saturated carbocycles. The van der Waals surface area contributed by atoms with Crippen molar-refractivity contribution < 1.29 is 24.3 Å². The average Bonchev–Trinajstić information content (AvgIpc) is 2.30. The van der Waals surface area contributed by atoms with Crippen molar-refractivity contribution in [3.05, 3.63) is 0 Å². The number of carbonyl (C=O) groups excluding carboxylic acids is 3. The average molecular weight is 260 g/mol. The third-order valence-corrected chi connectivity index (χ3v) is 1.94. The van der Waals surface area contributed by atoms with Gasteiger partial charge in [0.1, 0.15) is 6.04 Å². The minimum Gasteiger partial charge on any atom is -0.480 e. The number of carbonyl (C=O) groups is 4. The second kappa shape index (κ2) is 8.01. The zero-order valence-corrected chi connectivity index (χ0v) is 9.64. The van der Waals surface area contributed by atoms with Crippen LogP contribution in [0.25, 0.3) is 0 Å². The summed E-state index contributed by atoms with van der Waals surface area (Å²) in [6, 6.07) is -1.22. The number of hydrogen-bond acceptors (Lipinski definition) is 5. The largest absolute Gasteiger partial charge is 0.480 e. The summed E-state index contributed by atoms with van der Waals surface area (Å²) in [7, 11) is 0. The number of carboxylic acids is 1. The fourth-order valence-electron chi connectivity index (χ4n) is 1.04. The van der Waals surface area contributed by atoms with Crippen LogP contribution in [0.5, 0.6) is 0 Å². The minimum atomic E-state index is -1.28. The molecule has 7 N–H and O–H groups in total. The van der Waals surface area contributed by atoms with Crippen LogP contribution in [-0.4, -0.2) is 47.9 Å². The topological polar surface area (TPSA) is 165 Å².